The Morgan fingerprint density at radius 1 is 1.38 bits per heavy atom. The van der Waals surface area contributed by atoms with Crippen LogP contribution in [0.25, 0.3) is 10.9 Å². The molecule has 2 aromatic rings. The van der Waals surface area contributed by atoms with Crippen LogP contribution in [-0.4, -0.2) is 52.8 Å². The molecule has 1 aromatic heterocycles. The minimum absolute atomic E-state index is 0.0198. The van der Waals surface area contributed by atoms with E-state index in [-0.39, 0.29) is 24.7 Å². The van der Waals surface area contributed by atoms with Crippen molar-refractivity contribution < 1.29 is 14.6 Å². The van der Waals surface area contributed by atoms with Crippen LogP contribution in [-0.2, 0) is 4.74 Å². The fourth-order valence-corrected chi connectivity index (χ4v) is 2.54. The normalized spacial score (nSPS) is 22.5. The predicted octanol–water partition coefficient (Wildman–Crippen LogP) is 1.46. The lowest BCUT2D eigenvalue weighted by Crippen LogP contribution is -2.52. The van der Waals surface area contributed by atoms with Crippen LogP contribution in [0.4, 0.5) is 0 Å². The average molecular weight is 286 g/mol. The number of aromatic nitrogens is 1. The zero-order valence-corrected chi connectivity index (χ0v) is 11.9. The van der Waals surface area contributed by atoms with Crippen molar-refractivity contribution in [3.63, 3.8) is 0 Å². The van der Waals surface area contributed by atoms with Gasteiger partial charge in [-0.1, -0.05) is 24.3 Å². The summed E-state index contributed by atoms with van der Waals surface area (Å²) in [4.78, 5) is 18.8. The van der Waals surface area contributed by atoms with E-state index in [1.807, 2.05) is 37.3 Å². The van der Waals surface area contributed by atoms with Gasteiger partial charge in [0.2, 0.25) is 0 Å². The Morgan fingerprint density at radius 3 is 3.00 bits per heavy atom. The van der Waals surface area contributed by atoms with Crippen LogP contribution in [0.5, 0.6) is 0 Å². The third kappa shape index (κ3) is 2.75. The lowest BCUT2D eigenvalue weighted by molar-refractivity contribution is -0.0668. The smallest absolute Gasteiger partial charge is 0.272 e. The highest BCUT2D eigenvalue weighted by molar-refractivity contribution is 5.95. The zero-order chi connectivity index (χ0) is 14.8. The highest BCUT2D eigenvalue weighted by Gasteiger charge is 2.30. The summed E-state index contributed by atoms with van der Waals surface area (Å²) in [6.07, 6.45) is -0.314. The minimum atomic E-state index is -0.314. The summed E-state index contributed by atoms with van der Waals surface area (Å²) in [5.74, 6) is -0.116. The molecule has 5 heteroatoms. The van der Waals surface area contributed by atoms with E-state index in [4.69, 9.17) is 4.74 Å². The molecule has 0 bridgehead atoms. The van der Waals surface area contributed by atoms with Crippen molar-refractivity contribution in [3.05, 3.63) is 42.1 Å². The molecule has 1 aliphatic rings. The Balaban J connectivity index is 1.88. The van der Waals surface area contributed by atoms with E-state index in [0.717, 1.165) is 10.9 Å². The fourth-order valence-electron chi connectivity index (χ4n) is 2.54. The third-order valence-corrected chi connectivity index (χ3v) is 3.79. The van der Waals surface area contributed by atoms with Crippen molar-refractivity contribution in [2.45, 2.75) is 19.1 Å². The van der Waals surface area contributed by atoms with E-state index < -0.39 is 0 Å². The van der Waals surface area contributed by atoms with Crippen LogP contribution in [0.15, 0.2) is 36.4 Å². The number of aliphatic hydroxyl groups is 1. The second-order valence-corrected chi connectivity index (χ2v) is 5.33. The van der Waals surface area contributed by atoms with Crippen molar-refractivity contribution in [1.82, 2.24) is 9.88 Å². The molecule has 0 spiro atoms. The molecule has 2 unspecified atom stereocenters. The molecule has 3 rings (SSSR count). The zero-order valence-electron chi connectivity index (χ0n) is 11.9. The molecule has 1 aliphatic heterocycles. The number of rotatable bonds is 2. The number of carbonyl (C=O) groups is 1. The summed E-state index contributed by atoms with van der Waals surface area (Å²) < 4.78 is 5.46. The van der Waals surface area contributed by atoms with Gasteiger partial charge < -0.3 is 14.7 Å². The first-order valence-electron chi connectivity index (χ1n) is 7.08. The van der Waals surface area contributed by atoms with Crippen molar-refractivity contribution in [1.29, 1.82) is 0 Å². The lowest BCUT2D eigenvalue weighted by atomic mass is 10.1. The number of para-hydroxylation sites is 1. The standard InChI is InChI=1S/C16H18N2O3/c1-11-10-21-13(9-19)8-18(11)16(20)15-7-6-12-4-2-3-5-14(12)17-15/h2-7,11,13,19H,8-10H2,1H3. The number of morpholine rings is 1. The highest BCUT2D eigenvalue weighted by atomic mass is 16.5. The SMILES string of the molecule is CC1COC(CO)CN1C(=O)c1ccc2ccccc2n1. The average Bonchev–Trinajstić information content (AvgIpc) is 2.54. The van der Waals surface area contributed by atoms with Crippen LogP contribution in [0.3, 0.4) is 0 Å². The third-order valence-electron chi connectivity index (χ3n) is 3.79. The molecule has 1 aromatic carbocycles. The largest absolute Gasteiger partial charge is 0.394 e. The number of hydrogen-bond donors (Lipinski definition) is 1. The number of carbonyl (C=O) groups excluding carboxylic acids is 1. The maximum atomic E-state index is 12.6. The van der Waals surface area contributed by atoms with Crippen LogP contribution in [0, 0.1) is 0 Å². The van der Waals surface area contributed by atoms with Crippen LogP contribution in [0.2, 0.25) is 0 Å². The van der Waals surface area contributed by atoms with Crippen LogP contribution < -0.4 is 0 Å². The molecule has 1 fully saturated rings. The molecule has 1 saturated heterocycles. The van der Waals surface area contributed by atoms with Gasteiger partial charge in [0.05, 0.1) is 30.9 Å². The molecule has 5 nitrogen and oxygen atoms in total. The number of benzene rings is 1. The van der Waals surface area contributed by atoms with Gasteiger partial charge in [0.25, 0.3) is 5.91 Å². The van der Waals surface area contributed by atoms with Crippen molar-refractivity contribution in [2.24, 2.45) is 0 Å². The quantitative estimate of drug-likeness (QED) is 0.908. The Bertz CT molecular complexity index is 659. The van der Waals surface area contributed by atoms with E-state index in [0.29, 0.717) is 18.8 Å². The molecule has 1 N–H and O–H groups in total. The second kappa shape index (κ2) is 5.79. The predicted molar refractivity (Wildman–Crippen MR) is 79.1 cm³/mol. The number of amides is 1. The summed E-state index contributed by atoms with van der Waals surface area (Å²) in [5.41, 5.74) is 1.24. The van der Waals surface area contributed by atoms with Gasteiger partial charge >= 0.3 is 0 Å². The topological polar surface area (TPSA) is 62.7 Å². The summed E-state index contributed by atoms with van der Waals surface area (Å²) in [6, 6.07) is 11.4. The van der Waals surface area contributed by atoms with E-state index in [1.165, 1.54) is 0 Å². The Morgan fingerprint density at radius 2 is 2.19 bits per heavy atom. The maximum Gasteiger partial charge on any atom is 0.272 e. The van der Waals surface area contributed by atoms with Crippen molar-refractivity contribution in [2.75, 3.05) is 19.8 Å². The van der Waals surface area contributed by atoms with Gasteiger partial charge in [-0.2, -0.15) is 0 Å². The van der Waals surface area contributed by atoms with Crippen LogP contribution in [0.1, 0.15) is 17.4 Å². The maximum absolute atomic E-state index is 12.6. The second-order valence-electron chi connectivity index (χ2n) is 5.33. The summed E-state index contributed by atoms with van der Waals surface area (Å²) in [7, 11) is 0. The lowest BCUT2D eigenvalue weighted by Gasteiger charge is -2.37. The number of ether oxygens (including phenoxy) is 1. The van der Waals surface area contributed by atoms with Gasteiger partial charge in [-0.15, -0.1) is 0 Å². The summed E-state index contributed by atoms with van der Waals surface area (Å²) in [5, 5.41) is 10.2. The van der Waals surface area contributed by atoms with E-state index in [1.54, 1.807) is 11.0 Å². The molecular formula is C16H18N2O3. The van der Waals surface area contributed by atoms with Gasteiger partial charge in [0.15, 0.2) is 0 Å². The molecule has 0 aliphatic carbocycles. The van der Waals surface area contributed by atoms with Crippen LogP contribution >= 0.6 is 0 Å². The van der Waals surface area contributed by atoms with Crippen molar-refractivity contribution in [3.8, 4) is 0 Å². The monoisotopic (exact) mass is 286 g/mol. The molecule has 0 saturated carbocycles. The van der Waals surface area contributed by atoms with Gasteiger partial charge in [-0.05, 0) is 19.1 Å². The molecule has 2 atom stereocenters. The molecule has 21 heavy (non-hydrogen) atoms. The van der Waals surface area contributed by atoms with E-state index in [2.05, 4.69) is 4.98 Å². The van der Waals surface area contributed by atoms with E-state index >= 15 is 0 Å². The first-order chi connectivity index (χ1) is 10.2. The highest BCUT2D eigenvalue weighted by Crippen LogP contribution is 2.17. The first-order valence-corrected chi connectivity index (χ1v) is 7.08. The Kier molecular flexibility index (Phi) is 3.86. The first kappa shape index (κ1) is 14.0. The number of hydrogen-bond acceptors (Lipinski definition) is 4. The van der Waals surface area contributed by atoms with Gasteiger partial charge in [-0.3, -0.25) is 4.79 Å². The van der Waals surface area contributed by atoms with E-state index in [9.17, 15) is 9.90 Å². The minimum Gasteiger partial charge on any atom is -0.394 e. The van der Waals surface area contributed by atoms with Gasteiger partial charge in [0.1, 0.15) is 5.69 Å². The number of pyridine rings is 1. The molecule has 0 radical (unpaired) electrons. The summed E-state index contributed by atoms with van der Waals surface area (Å²) >= 11 is 0. The van der Waals surface area contributed by atoms with Gasteiger partial charge in [-0.25, -0.2) is 4.98 Å². The Hall–Kier alpha value is -1.98. The molecule has 110 valence electrons. The molecular weight excluding hydrogens is 268 g/mol. The Labute approximate surface area is 123 Å². The molecule has 2 heterocycles. The number of fused-ring (bicyclic) bond motifs is 1. The number of aliphatic hydroxyl groups excluding tert-OH is 1. The fraction of sp³-hybridized carbons (Fsp3) is 0.375. The van der Waals surface area contributed by atoms with Crippen molar-refractivity contribution >= 4 is 16.8 Å². The summed E-state index contributed by atoms with van der Waals surface area (Å²) in [6.45, 7) is 2.68. The molecule has 1 amide bonds. The van der Waals surface area contributed by atoms with Gasteiger partial charge in [0, 0.05) is 11.9 Å². The number of nitrogens with zero attached hydrogens (tertiary/aromatic N) is 2.